The summed E-state index contributed by atoms with van der Waals surface area (Å²) in [7, 11) is -3.92. The molecule has 0 saturated heterocycles. The Morgan fingerprint density at radius 2 is 1.71 bits per heavy atom. The SMILES string of the molecule is CCCCCC(CCCOc1ccc(CNCCCP(=O)(O)O)cc1Cl)Cc1ccc(C)c(C)c1. The highest BCUT2D eigenvalue weighted by molar-refractivity contribution is 7.51. The van der Waals surface area contributed by atoms with E-state index < -0.39 is 7.60 Å². The van der Waals surface area contributed by atoms with Crippen molar-refractivity contribution in [1.82, 2.24) is 5.32 Å². The maximum absolute atomic E-state index is 10.9. The van der Waals surface area contributed by atoms with E-state index in [-0.39, 0.29) is 6.16 Å². The molecule has 5 nitrogen and oxygen atoms in total. The van der Waals surface area contributed by atoms with E-state index in [0.29, 0.717) is 42.8 Å². The highest BCUT2D eigenvalue weighted by atomic mass is 35.5. The normalized spacial score (nSPS) is 12.6. The van der Waals surface area contributed by atoms with Crippen LogP contribution in [0.2, 0.25) is 5.02 Å². The molecule has 0 fully saturated rings. The third-order valence-electron chi connectivity index (χ3n) is 6.45. The second-order valence-electron chi connectivity index (χ2n) is 9.66. The van der Waals surface area contributed by atoms with Crippen molar-refractivity contribution < 1.29 is 19.1 Å². The molecule has 2 rings (SSSR count). The van der Waals surface area contributed by atoms with E-state index in [1.165, 1.54) is 42.4 Å². The fourth-order valence-corrected chi connectivity index (χ4v) is 5.09. The molecule has 2 aromatic rings. The number of nitrogens with one attached hydrogen (secondary N) is 1. The van der Waals surface area contributed by atoms with Gasteiger partial charge in [0.15, 0.2) is 0 Å². The van der Waals surface area contributed by atoms with Gasteiger partial charge in [-0.2, -0.15) is 0 Å². The number of aryl methyl sites for hydroxylation is 2. The molecule has 0 spiro atoms. The van der Waals surface area contributed by atoms with Crippen LogP contribution in [0.15, 0.2) is 36.4 Å². The Hall–Kier alpha value is -1.36. The van der Waals surface area contributed by atoms with E-state index >= 15 is 0 Å². The summed E-state index contributed by atoms with van der Waals surface area (Å²) >= 11 is 6.43. The molecule has 1 unspecified atom stereocenters. The summed E-state index contributed by atoms with van der Waals surface area (Å²) in [6.45, 7) is 8.40. The second kappa shape index (κ2) is 15.7. The van der Waals surface area contributed by atoms with Crippen LogP contribution in [0, 0.1) is 19.8 Å². The number of halogens is 1. The standard InChI is InChI=1S/C28H43ClNO4P/c1-4-5-6-9-24(19-25-12-11-22(2)23(3)18-25)10-7-16-34-28-14-13-26(20-27(28)29)21-30-15-8-17-35(31,32)33/h11-14,18,20,24,30H,4-10,15-17,19,21H2,1-3H3,(H2,31,32,33). The van der Waals surface area contributed by atoms with Gasteiger partial charge in [0.05, 0.1) is 17.8 Å². The molecule has 0 aliphatic heterocycles. The van der Waals surface area contributed by atoms with Crippen molar-refractivity contribution >= 4 is 19.2 Å². The molecular formula is C28H43ClNO4P. The van der Waals surface area contributed by atoms with Gasteiger partial charge in [0.25, 0.3) is 0 Å². The maximum Gasteiger partial charge on any atom is 0.325 e. The van der Waals surface area contributed by atoms with E-state index in [0.717, 1.165) is 24.8 Å². The Kier molecular flexibility index (Phi) is 13.4. The van der Waals surface area contributed by atoms with Crippen molar-refractivity contribution in [2.75, 3.05) is 19.3 Å². The number of benzene rings is 2. The quantitative estimate of drug-likeness (QED) is 0.151. The molecular weight excluding hydrogens is 481 g/mol. The van der Waals surface area contributed by atoms with E-state index in [2.05, 4.69) is 44.3 Å². The molecule has 3 N–H and O–H groups in total. The third-order valence-corrected chi connectivity index (χ3v) is 7.65. The fourth-order valence-electron chi connectivity index (χ4n) is 4.26. The molecule has 1 atom stereocenters. The van der Waals surface area contributed by atoms with E-state index in [9.17, 15) is 4.57 Å². The van der Waals surface area contributed by atoms with Crippen LogP contribution in [0.3, 0.4) is 0 Å². The Balaban J connectivity index is 1.78. The minimum absolute atomic E-state index is 0.0995. The molecule has 2 aromatic carbocycles. The molecule has 0 bridgehead atoms. The van der Waals surface area contributed by atoms with Crippen molar-refractivity contribution in [2.24, 2.45) is 5.92 Å². The summed E-state index contributed by atoms with van der Waals surface area (Å²) in [6.07, 6.45) is 8.69. The van der Waals surface area contributed by atoms with Gasteiger partial charge in [-0.3, -0.25) is 4.57 Å². The van der Waals surface area contributed by atoms with Crippen LogP contribution in [0.1, 0.15) is 74.1 Å². The summed E-state index contributed by atoms with van der Waals surface area (Å²) in [5.41, 5.74) is 5.17. The number of hydrogen-bond donors (Lipinski definition) is 3. The highest BCUT2D eigenvalue weighted by Crippen LogP contribution is 2.34. The Bertz CT molecular complexity index is 947. The van der Waals surface area contributed by atoms with Crippen molar-refractivity contribution in [3.63, 3.8) is 0 Å². The smallest absolute Gasteiger partial charge is 0.325 e. The fraction of sp³-hybridized carbons (Fsp3) is 0.571. The lowest BCUT2D eigenvalue weighted by Gasteiger charge is -2.18. The summed E-state index contributed by atoms with van der Waals surface area (Å²) in [5.74, 6) is 1.37. The molecule has 0 saturated carbocycles. The van der Waals surface area contributed by atoms with Crippen LogP contribution in [-0.2, 0) is 17.5 Å². The van der Waals surface area contributed by atoms with Gasteiger partial charge in [0.2, 0.25) is 0 Å². The lowest BCUT2D eigenvalue weighted by molar-refractivity contribution is 0.286. The first-order valence-electron chi connectivity index (χ1n) is 12.9. The van der Waals surface area contributed by atoms with Gasteiger partial charge in [0.1, 0.15) is 5.75 Å². The van der Waals surface area contributed by atoms with Crippen molar-refractivity contribution in [3.05, 3.63) is 63.7 Å². The minimum atomic E-state index is -3.92. The zero-order chi connectivity index (χ0) is 25.7. The first-order valence-corrected chi connectivity index (χ1v) is 15.1. The van der Waals surface area contributed by atoms with Gasteiger partial charge >= 0.3 is 7.60 Å². The Labute approximate surface area is 216 Å². The zero-order valence-corrected chi connectivity index (χ0v) is 23.2. The van der Waals surface area contributed by atoms with Gasteiger partial charge < -0.3 is 19.8 Å². The van der Waals surface area contributed by atoms with Gasteiger partial charge in [0, 0.05) is 6.54 Å². The van der Waals surface area contributed by atoms with Crippen LogP contribution < -0.4 is 10.1 Å². The van der Waals surface area contributed by atoms with Crippen molar-refractivity contribution in [2.45, 2.75) is 78.7 Å². The minimum Gasteiger partial charge on any atom is -0.492 e. The van der Waals surface area contributed by atoms with Crippen LogP contribution >= 0.6 is 19.2 Å². The molecule has 0 aromatic heterocycles. The monoisotopic (exact) mass is 523 g/mol. The number of unbranched alkanes of at least 4 members (excludes halogenated alkanes) is 2. The van der Waals surface area contributed by atoms with Gasteiger partial charge in [-0.15, -0.1) is 0 Å². The van der Waals surface area contributed by atoms with Crippen molar-refractivity contribution in [1.29, 1.82) is 0 Å². The summed E-state index contributed by atoms with van der Waals surface area (Å²) in [5, 5.41) is 3.78. The number of ether oxygens (including phenoxy) is 1. The highest BCUT2D eigenvalue weighted by Gasteiger charge is 2.12. The van der Waals surface area contributed by atoms with E-state index in [1.807, 2.05) is 18.2 Å². The lowest BCUT2D eigenvalue weighted by Crippen LogP contribution is -2.15. The van der Waals surface area contributed by atoms with Crippen LogP contribution in [-0.4, -0.2) is 29.1 Å². The van der Waals surface area contributed by atoms with E-state index in [4.69, 9.17) is 26.1 Å². The maximum atomic E-state index is 10.9. The number of hydrogen-bond acceptors (Lipinski definition) is 3. The Morgan fingerprint density at radius 3 is 2.40 bits per heavy atom. The average molecular weight is 524 g/mol. The van der Waals surface area contributed by atoms with E-state index in [1.54, 1.807) is 0 Å². The zero-order valence-electron chi connectivity index (χ0n) is 21.6. The van der Waals surface area contributed by atoms with Crippen LogP contribution in [0.25, 0.3) is 0 Å². The average Bonchev–Trinajstić information content (AvgIpc) is 2.79. The van der Waals surface area contributed by atoms with Crippen LogP contribution in [0.5, 0.6) is 5.75 Å². The first-order chi connectivity index (χ1) is 16.7. The molecule has 0 heterocycles. The largest absolute Gasteiger partial charge is 0.492 e. The predicted octanol–water partition coefficient (Wildman–Crippen LogP) is 7.21. The molecule has 0 aliphatic rings. The lowest BCUT2D eigenvalue weighted by atomic mass is 9.89. The van der Waals surface area contributed by atoms with Gasteiger partial charge in [-0.1, -0.05) is 68.5 Å². The number of rotatable bonds is 17. The van der Waals surface area contributed by atoms with Crippen LogP contribution in [0.4, 0.5) is 0 Å². The Morgan fingerprint density at radius 1 is 0.971 bits per heavy atom. The second-order valence-corrected chi connectivity index (χ2v) is 11.8. The molecule has 7 heteroatoms. The predicted molar refractivity (Wildman–Crippen MR) is 147 cm³/mol. The summed E-state index contributed by atoms with van der Waals surface area (Å²) in [4.78, 5) is 17.8. The molecule has 35 heavy (non-hydrogen) atoms. The molecule has 0 aliphatic carbocycles. The van der Waals surface area contributed by atoms with Gasteiger partial charge in [-0.05, 0) is 86.4 Å². The topological polar surface area (TPSA) is 78.8 Å². The summed E-state index contributed by atoms with van der Waals surface area (Å²) in [6, 6.07) is 12.6. The molecule has 0 amide bonds. The first kappa shape index (κ1) is 29.9. The summed E-state index contributed by atoms with van der Waals surface area (Å²) < 4.78 is 16.9. The molecule has 196 valence electrons. The van der Waals surface area contributed by atoms with Gasteiger partial charge in [-0.25, -0.2) is 0 Å². The third kappa shape index (κ3) is 12.4. The van der Waals surface area contributed by atoms with Crippen molar-refractivity contribution in [3.8, 4) is 5.75 Å². The molecule has 0 radical (unpaired) electrons.